The Morgan fingerprint density at radius 2 is 1.55 bits per heavy atom. The van der Waals surface area contributed by atoms with Crippen LogP contribution in [0.4, 0.5) is 0 Å². The topological polar surface area (TPSA) is 19.4 Å². The van der Waals surface area contributed by atoms with Crippen LogP contribution >= 0.6 is 0 Å². The largest absolute Gasteiger partial charge is 0.308 e. The van der Waals surface area contributed by atoms with Crippen LogP contribution in [0.2, 0.25) is 0 Å². The highest BCUT2D eigenvalue weighted by atomic mass is 15.1. The van der Waals surface area contributed by atoms with Gasteiger partial charge >= 0.3 is 0 Å². The van der Waals surface area contributed by atoms with Crippen LogP contribution in [0.1, 0.15) is 35.0 Å². The van der Waals surface area contributed by atoms with Gasteiger partial charge in [-0.1, -0.05) is 61.5 Å². The van der Waals surface area contributed by atoms with Gasteiger partial charge in [0, 0.05) is 31.0 Å². The Hall–Kier alpha value is -2.49. The number of aromatic nitrogens is 1. The average Bonchev–Trinajstić information content (AvgIpc) is 2.78. The molecule has 2 aromatic carbocycles. The first-order chi connectivity index (χ1) is 15.0. The van der Waals surface area contributed by atoms with Crippen molar-refractivity contribution < 1.29 is 0 Å². The third kappa shape index (κ3) is 6.49. The van der Waals surface area contributed by atoms with Crippen LogP contribution in [0.25, 0.3) is 11.1 Å². The Kier molecular flexibility index (Phi) is 8.39. The Morgan fingerprint density at radius 1 is 0.774 bits per heavy atom. The predicted octanol–water partition coefficient (Wildman–Crippen LogP) is 5.40. The van der Waals surface area contributed by atoms with Crippen molar-refractivity contribution in [2.45, 2.75) is 39.7 Å². The van der Waals surface area contributed by atoms with E-state index in [4.69, 9.17) is 4.98 Å². The van der Waals surface area contributed by atoms with E-state index in [2.05, 4.69) is 105 Å². The molecule has 0 aliphatic carbocycles. The number of aryl methyl sites for hydroxylation is 3. The van der Waals surface area contributed by atoms with E-state index in [1.54, 1.807) is 0 Å². The van der Waals surface area contributed by atoms with Crippen molar-refractivity contribution in [3.8, 4) is 11.1 Å². The monoisotopic (exact) mass is 415 g/mol. The molecule has 0 unspecified atom stereocenters. The molecule has 3 rings (SSSR count). The van der Waals surface area contributed by atoms with Gasteiger partial charge in [-0.15, -0.1) is 0 Å². The van der Waals surface area contributed by atoms with Gasteiger partial charge in [-0.2, -0.15) is 0 Å². The molecule has 3 aromatic rings. The summed E-state index contributed by atoms with van der Waals surface area (Å²) in [5.41, 5.74) is 9.20. The molecule has 0 saturated carbocycles. The molecule has 0 atom stereocenters. The second kappa shape index (κ2) is 11.2. The third-order valence-corrected chi connectivity index (χ3v) is 6.01. The van der Waals surface area contributed by atoms with Crippen LogP contribution in [0.3, 0.4) is 0 Å². The lowest BCUT2D eigenvalue weighted by molar-refractivity contribution is 0.275. The molecule has 0 aliphatic rings. The fourth-order valence-corrected chi connectivity index (χ4v) is 4.05. The van der Waals surface area contributed by atoms with Crippen molar-refractivity contribution in [3.63, 3.8) is 0 Å². The summed E-state index contributed by atoms with van der Waals surface area (Å²) in [7, 11) is 6.44. The number of likely N-dealkylation sites (N-methyl/N-ethyl adjacent to an activating group) is 2. The molecule has 3 nitrogen and oxygen atoms in total. The van der Waals surface area contributed by atoms with Gasteiger partial charge in [0.1, 0.15) is 0 Å². The summed E-state index contributed by atoms with van der Waals surface area (Å²) < 4.78 is 0. The molecule has 0 spiro atoms. The molecule has 0 aliphatic heterocycles. The molecule has 1 aromatic heterocycles. The summed E-state index contributed by atoms with van der Waals surface area (Å²) in [6, 6.07) is 21.9. The highest BCUT2D eigenvalue weighted by molar-refractivity contribution is 5.68. The van der Waals surface area contributed by atoms with E-state index in [-0.39, 0.29) is 0 Å². The molecule has 0 N–H and O–H groups in total. The highest BCUT2D eigenvalue weighted by Gasteiger charge is 2.10. The number of hydrogen-bond acceptors (Lipinski definition) is 3. The summed E-state index contributed by atoms with van der Waals surface area (Å²) in [4.78, 5) is 9.64. The van der Waals surface area contributed by atoms with Crippen molar-refractivity contribution in [3.05, 3.63) is 88.7 Å². The number of hydrogen-bond donors (Lipinski definition) is 0. The molecule has 0 amide bonds. The van der Waals surface area contributed by atoms with Crippen molar-refractivity contribution in [2.24, 2.45) is 0 Å². The lowest BCUT2D eigenvalue weighted by Crippen LogP contribution is -2.28. The van der Waals surface area contributed by atoms with E-state index in [1.807, 2.05) is 0 Å². The SMILES string of the molecule is CCc1nc(CCc2cccc(-c3ccccc3)c2C)ccc1CN(C)CCN(C)C. The minimum atomic E-state index is 0.961. The maximum absolute atomic E-state index is 5.03. The maximum atomic E-state index is 5.03. The molecule has 0 saturated heterocycles. The van der Waals surface area contributed by atoms with Crippen LogP contribution in [-0.2, 0) is 25.8 Å². The summed E-state index contributed by atoms with van der Waals surface area (Å²) >= 11 is 0. The zero-order chi connectivity index (χ0) is 22.2. The molecule has 1 heterocycles. The van der Waals surface area contributed by atoms with Crippen LogP contribution in [0, 0.1) is 6.92 Å². The zero-order valence-electron chi connectivity index (χ0n) is 19.9. The molecule has 0 radical (unpaired) electrons. The second-order valence-corrected chi connectivity index (χ2v) is 8.76. The standard InChI is InChI=1S/C28H37N3/c1-6-28-25(21-31(5)20-19-30(3)4)16-18-26(29-28)17-15-23-13-10-14-27(22(23)2)24-11-8-7-9-12-24/h7-14,16,18H,6,15,17,19-21H2,1-5H3. The Labute approximate surface area is 188 Å². The smallest absolute Gasteiger partial charge is 0.0449 e. The molecule has 164 valence electrons. The van der Waals surface area contributed by atoms with Crippen LogP contribution < -0.4 is 0 Å². The first-order valence-corrected chi connectivity index (χ1v) is 11.4. The third-order valence-electron chi connectivity index (χ3n) is 6.01. The fourth-order valence-electron chi connectivity index (χ4n) is 4.05. The van der Waals surface area contributed by atoms with Crippen molar-refractivity contribution >= 4 is 0 Å². The van der Waals surface area contributed by atoms with Gasteiger partial charge in [-0.05, 0) is 81.2 Å². The zero-order valence-corrected chi connectivity index (χ0v) is 19.9. The van der Waals surface area contributed by atoms with E-state index in [9.17, 15) is 0 Å². The summed E-state index contributed by atoms with van der Waals surface area (Å²) in [6.45, 7) is 7.56. The van der Waals surface area contributed by atoms with Crippen molar-refractivity contribution in [1.29, 1.82) is 0 Å². The predicted molar refractivity (Wildman–Crippen MR) is 133 cm³/mol. The van der Waals surface area contributed by atoms with Gasteiger partial charge in [0.25, 0.3) is 0 Å². The van der Waals surface area contributed by atoms with Crippen molar-refractivity contribution in [2.75, 3.05) is 34.2 Å². The van der Waals surface area contributed by atoms with E-state index in [0.29, 0.717) is 0 Å². The second-order valence-electron chi connectivity index (χ2n) is 8.76. The minimum absolute atomic E-state index is 0.961. The Morgan fingerprint density at radius 3 is 2.26 bits per heavy atom. The molecular formula is C28H37N3. The fraction of sp³-hybridized carbons (Fsp3) is 0.393. The van der Waals surface area contributed by atoms with E-state index < -0.39 is 0 Å². The van der Waals surface area contributed by atoms with Crippen LogP contribution in [0.15, 0.2) is 60.7 Å². The molecule has 31 heavy (non-hydrogen) atoms. The van der Waals surface area contributed by atoms with Crippen LogP contribution in [0.5, 0.6) is 0 Å². The molecule has 3 heteroatoms. The highest BCUT2D eigenvalue weighted by Crippen LogP contribution is 2.26. The van der Waals surface area contributed by atoms with E-state index in [1.165, 1.54) is 39.2 Å². The molecular weight excluding hydrogens is 378 g/mol. The number of nitrogens with zero attached hydrogens (tertiary/aromatic N) is 3. The van der Waals surface area contributed by atoms with Gasteiger partial charge in [0.2, 0.25) is 0 Å². The number of rotatable bonds is 10. The summed E-state index contributed by atoms with van der Waals surface area (Å²) in [6.07, 6.45) is 2.97. The minimum Gasteiger partial charge on any atom is -0.308 e. The Bertz CT molecular complexity index is 963. The number of pyridine rings is 1. The van der Waals surface area contributed by atoms with Gasteiger partial charge in [-0.3, -0.25) is 4.98 Å². The lowest BCUT2D eigenvalue weighted by Gasteiger charge is -2.20. The van der Waals surface area contributed by atoms with Gasteiger partial charge in [0.15, 0.2) is 0 Å². The Balaban J connectivity index is 1.68. The van der Waals surface area contributed by atoms with E-state index in [0.717, 1.165) is 38.9 Å². The van der Waals surface area contributed by atoms with Gasteiger partial charge < -0.3 is 9.80 Å². The normalized spacial score (nSPS) is 11.5. The average molecular weight is 416 g/mol. The summed E-state index contributed by atoms with van der Waals surface area (Å²) in [5, 5.41) is 0. The first kappa shape index (κ1) is 23.2. The van der Waals surface area contributed by atoms with Crippen LogP contribution in [-0.4, -0.2) is 49.0 Å². The van der Waals surface area contributed by atoms with Crippen molar-refractivity contribution in [1.82, 2.24) is 14.8 Å². The molecule has 0 bridgehead atoms. The van der Waals surface area contributed by atoms with E-state index >= 15 is 0 Å². The molecule has 0 fully saturated rings. The maximum Gasteiger partial charge on any atom is 0.0449 e. The van der Waals surface area contributed by atoms with Gasteiger partial charge in [-0.25, -0.2) is 0 Å². The lowest BCUT2D eigenvalue weighted by atomic mass is 9.94. The summed E-state index contributed by atoms with van der Waals surface area (Å²) in [5.74, 6) is 0. The first-order valence-electron chi connectivity index (χ1n) is 11.4. The number of benzene rings is 2. The quantitative estimate of drug-likeness (QED) is 0.442. The van der Waals surface area contributed by atoms with Gasteiger partial charge in [0.05, 0.1) is 0 Å².